The summed E-state index contributed by atoms with van der Waals surface area (Å²) in [5, 5.41) is 0.326. The van der Waals surface area contributed by atoms with Gasteiger partial charge in [0.05, 0.1) is 24.7 Å². The van der Waals surface area contributed by atoms with Crippen LogP contribution >= 0.6 is 0 Å². The van der Waals surface area contributed by atoms with Crippen molar-refractivity contribution in [3.63, 3.8) is 0 Å². The molecule has 168 valence electrons. The Hall–Kier alpha value is -4.06. The molecule has 1 heterocycles. The maximum absolute atomic E-state index is 13.5. The minimum Gasteiger partial charge on any atom is -0.496 e. The predicted octanol–water partition coefficient (Wildman–Crippen LogP) is 5.53. The quantitative estimate of drug-likeness (QED) is 0.349. The summed E-state index contributed by atoms with van der Waals surface area (Å²) in [5.41, 5.74) is 2.62. The molecule has 4 aromatic rings. The van der Waals surface area contributed by atoms with E-state index in [1.807, 2.05) is 31.2 Å². The van der Waals surface area contributed by atoms with Gasteiger partial charge in [-0.3, -0.25) is 4.79 Å². The number of para-hydroxylation sites is 1. The van der Waals surface area contributed by atoms with E-state index in [9.17, 15) is 9.59 Å². The van der Waals surface area contributed by atoms with Crippen LogP contribution in [-0.4, -0.2) is 19.7 Å². The molecule has 0 aliphatic carbocycles. The third-order valence-corrected chi connectivity index (χ3v) is 5.36. The highest BCUT2D eigenvalue weighted by Gasteiger charge is 2.25. The molecule has 0 saturated heterocycles. The molecule has 0 saturated carbocycles. The number of methoxy groups -OCH3 is 1. The van der Waals surface area contributed by atoms with Gasteiger partial charge in [-0.25, -0.2) is 4.79 Å². The summed E-state index contributed by atoms with van der Waals surface area (Å²) >= 11 is 0. The fourth-order valence-corrected chi connectivity index (χ4v) is 3.63. The van der Waals surface area contributed by atoms with Gasteiger partial charge in [0.15, 0.2) is 0 Å². The first-order chi connectivity index (χ1) is 16.0. The molecule has 6 nitrogen and oxygen atoms in total. The van der Waals surface area contributed by atoms with E-state index in [0.717, 1.165) is 11.1 Å². The number of esters is 1. The summed E-state index contributed by atoms with van der Waals surface area (Å²) in [6, 6.07) is 19.9. The second-order valence-corrected chi connectivity index (χ2v) is 7.43. The van der Waals surface area contributed by atoms with Crippen molar-refractivity contribution in [2.45, 2.75) is 20.5 Å². The zero-order valence-electron chi connectivity index (χ0n) is 18.7. The van der Waals surface area contributed by atoms with Gasteiger partial charge in [0.1, 0.15) is 23.7 Å². The molecule has 0 N–H and O–H groups in total. The van der Waals surface area contributed by atoms with Crippen LogP contribution in [0.5, 0.6) is 11.5 Å². The van der Waals surface area contributed by atoms with Crippen LogP contribution in [0.3, 0.4) is 0 Å². The zero-order chi connectivity index (χ0) is 23.4. The zero-order valence-corrected chi connectivity index (χ0v) is 18.7. The van der Waals surface area contributed by atoms with Gasteiger partial charge in [0.25, 0.3) is 0 Å². The lowest BCUT2D eigenvalue weighted by molar-refractivity contribution is 0.0492. The largest absolute Gasteiger partial charge is 0.496 e. The molecule has 0 unspecified atom stereocenters. The first-order valence-electron chi connectivity index (χ1n) is 10.6. The first kappa shape index (κ1) is 22.1. The number of rotatable bonds is 7. The number of ether oxygens (including phenoxy) is 3. The van der Waals surface area contributed by atoms with Gasteiger partial charge < -0.3 is 18.6 Å². The highest BCUT2D eigenvalue weighted by Crippen LogP contribution is 2.33. The van der Waals surface area contributed by atoms with Crippen LogP contribution in [0.4, 0.5) is 0 Å². The highest BCUT2D eigenvalue weighted by atomic mass is 16.5. The van der Waals surface area contributed by atoms with Crippen molar-refractivity contribution in [2.24, 2.45) is 0 Å². The molecule has 0 aliphatic rings. The molecule has 33 heavy (non-hydrogen) atoms. The highest BCUT2D eigenvalue weighted by molar-refractivity contribution is 5.98. The van der Waals surface area contributed by atoms with Crippen molar-refractivity contribution in [3.8, 4) is 22.6 Å². The molecule has 0 atom stereocenters. The number of benzene rings is 3. The lowest BCUT2D eigenvalue weighted by Crippen LogP contribution is -2.15. The number of hydrogen-bond acceptors (Lipinski definition) is 6. The predicted molar refractivity (Wildman–Crippen MR) is 126 cm³/mol. The second-order valence-electron chi connectivity index (χ2n) is 7.43. The Kier molecular flexibility index (Phi) is 6.45. The van der Waals surface area contributed by atoms with Crippen molar-refractivity contribution in [2.75, 3.05) is 13.7 Å². The van der Waals surface area contributed by atoms with Crippen molar-refractivity contribution in [1.82, 2.24) is 0 Å². The maximum atomic E-state index is 13.5. The summed E-state index contributed by atoms with van der Waals surface area (Å²) in [4.78, 5) is 26.2. The third kappa shape index (κ3) is 4.46. The van der Waals surface area contributed by atoms with E-state index in [-0.39, 0.29) is 28.9 Å². The maximum Gasteiger partial charge on any atom is 0.375 e. The van der Waals surface area contributed by atoms with Gasteiger partial charge in [-0.1, -0.05) is 42.5 Å². The van der Waals surface area contributed by atoms with E-state index in [4.69, 9.17) is 18.6 Å². The lowest BCUT2D eigenvalue weighted by atomic mass is 10.0. The molecule has 3 aromatic carbocycles. The number of aryl methyl sites for hydroxylation is 1. The minimum absolute atomic E-state index is 0.104. The third-order valence-electron chi connectivity index (χ3n) is 5.36. The van der Waals surface area contributed by atoms with E-state index in [0.29, 0.717) is 29.1 Å². The van der Waals surface area contributed by atoms with Gasteiger partial charge in [-0.05, 0) is 43.2 Å². The van der Waals surface area contributed by atoms with Crippen LogP contribution < -0.4 is 14.9 Å². The number of carbonyl (C=O) groups is 1. The molecular weight excluding hydrogens is 420 g/mol. The van der Waals surface area contributed by atoms with Gasteiger partial charge in [-0.15, -0.1) is 0 Å². The van der Waals surface area contributed by atoms with Crippen LogP contribution in [0, 0.1) is 6.92 Å². The Morgan fingerprint density at radius 1 is 1.00 bits per heavy atom. The topological polar surface area (TPSA) is 75.0 Å². The fraction of sp³-hybridized carbons (Fsp3) is 0.185. The minimum atomic E-state index is -0.719. The van der Waals surface area contributed by atoms with E-state index >= 15 is 0 Å². The smallest absolute Gasteiger partial charge is 0.375 e. The summed E-state index contributed by atoms with van der Waals surface area (Å²) in [6.07, 6.45) is 0. The fourth-order valence-electron chi connectivity index (χ4n) is 3.63. The van der Waals surface area contributed by atoms with Gasteiger partial charge >= 0.3 is 5.97 Å². The Bertz CT molecular complexity index is 1370. The standard InChI is InChI=1S/C27H24O6/c1-4-31-27(29)26-24(20-11-7-8-12-22(20)30-3)25(28)21-14-13-19(15-23(21)33-26)32-16-18-10-6-5-9-17(18)2/h5-15H,4,16H2,1-3H3. The molecular formula is C27H24O6. The Morgan fingerprint density at radius 2 is 1.76 bits per heavy atom. The molecule has 0 bridgehead atoms. The number of fused-ring (bicyclic) bond motifs is 1. The van der Waals surface area contributed by atoms with E-state index in [1.54, 1.807) is 49.4 Å². The molecule has 0 spiro atoms. The summed E-state index contributed by atoms with van der Waals surface area (Å²) < 4.78 is 22.5. The molecule has 0 amide bonds. The van der Waals surface area contributed by atoms with Crippen molar-refractivity contribution in [1.29, 1.82) is 0 Å². The Labute approximate surface area is 191 Å². The van der Waals surface area contributed by atoms with Gasteiger partial charge in [0.2, 0.25) is 11.2 Å². The first-order valence-corrected chi connectivity index (χ1v) is 10.6. The Morgan fingerprint density at radius 3 is 2.52 bits per heavy atom. The normalized spacial score (nSPS) is 10.8. The van der Waals surface area contributed by atoms with E-state index in [2.05, 4.69) is 0 Å². The van der Waals surface area contributed by atoms with Crippen LogP contribution in [0.15, 0.2) is 75.9 Å². The summed E-state index contributed by atoms with van der Waals surface area (Å²) in [5.74, 6) is 0.0835. The van der Waals surface area contributed by atoms with Crippen LogP contribution in [0.25, 0.3) is 22.1 Å². The second kappa shape index (κ2) is 9.61. The average molecular weight is 444 g/mol. The molecule has 1 aromatic heterocycles. The molecule has 0 fully saturated rings. The van der Waals surface area contributed by atoms with Crippen LogP contribution in [0.2, 0.25) is 0 Å². The lowest BCUT2D eigenvalue weighted by Gasteiger charge is -2.13. The van der Waals surface area contributed by atoms with Gasteiger partial charge in [-0.2, -0.15) is 0 Å². The monoisotopic (exact) mass is 444 g/mol. The molecule has 0 radical (unpaired) electrons. The van der Waals surface area contributed by atoms with E-state index < -0.39 is 5.97 Å². The van der Waals surface area contributed by atoms with Crippen molar-refractivity contribution < 1.29 is 23.4 Å². The van der Waals surface area contributed by atoms with Crippen LogP contribution in [-0.2, 0) is 11.3 Å². The van der Waals surface area contributed by atoms with Crippen molar-refractivity contribution in [3.05, 3.63) is 93.8 Å². The SMILES string of the molecule is CCOC(=O)c1oc2cc(OCc3ccccc3C)ccc2c(=O)c1-c1ccccc1OC. The van der Waals surface area contributed by atoms with Crippen LogP contribution in [0.1, 0.15) is 28.6 Å². The molecule has 6 heteroatoms. The Balaban J connectivity index is 1.82. The van der Waals surface area contributed by atoms with Gasteiger partial charge in [0, 0.05) is 11.6 Å². The average Bonchev–Trinajstić information content (AvgIpc) is 2.83. The number of carbonyl (C=O) groups excluding carboxylic acids is 1. The summed E-state index contributed by atoms with van der Waals surface area (Å²) in [6.45, 7) is 4.22. The van der Waals surface area contributed by atoms with Crippen molar-refractivity contribution >= 4 is 16.9 Å². The molecule has 4 rings (SSSR count). The molecule has 0 aliphatic heterocycles. The number of hydrogen-bond donors (Lipinski definition) is 0. The summed E-state index contributed by atoms with van der Waals surface area (Å²) in [7, 11) is 1.50. The van der Waals surface area contributed by atoms with E-state index in [1.165, 1.54) is 7.11 Å².